The first-order valence-electron chi connectivity index (χ1n) is 9.78. The highest BCUT2D eigenvalue weighted by molar-refractivity contribution is 5.96. The van der Waals surface area contributed by atoms with Crippen molar-refractivity contribution in [3.63, 3.8) is 0 Å². The van der Waals surface area contributed by atoms with Crippen LogP contribution in [0.5, 0.6) is 5.75 Å². The first-order chi connectivity index (χ1) is 14.0. The summed E-state index contributed by atoms with van der Waals surface area (Å²) in [5, 5.41) is 0. The fourth-order valence-electron chi connectivity index (χ4n) is 4.32. The lowest BCUT2D eigenvalue weighted by atomic mass is 9.93. The van der Waals surface area contributed by atoms with E-state index >= 15 is 0 Å². The molecule has 154 valence electrons. The molecule has 0 unspecified atom stereocenters. The summed E-state index contributed by atoms with van der Waals surface area (Å²) >= 11 is 0. The van der Waals surface area contributed by atoms with Crippen molar-refractivity contribution in [3.05, 3.63) is 52.0 Å². The maximum Gasteiger partial charge on any atom is 0.277 e. The zero-order chi connectivity index (χ0) is 20.5. The molecule has 29 heavy (non-hydrogen) atoms. The lowest BCUT2D eigenvalue weighted by molar-refractivity contribution is -0.117. The van der Waals surface area contributed by atoms with Gasteiger partial charge in [-0.05, 0) is 37.0 Å². The van der Waals surface area contributed by atoms with Gasteiger partial charge in [-0.1, -0.05) is 0 Å². The van der Waals surface area contributed by atoms with Crippen LogP contribution in [0.1, 0.15) is 42.3 Å². The summed E-state index contributed by atoms with van der Waals surface area (Å²) in [6.45, 7) is 3.25. The molecule has 1 atom stereocenters. The summed E-state index contributed by atoms with van der Waals surface area (Å²) in [4.78, 5) is 31.4. The van der Waals surface area contributed by atoms with Gasteiger partial charge < -0.3 is 14.4 Å². The number of aryl methyl sites for hydroxylation is 1. The Morgan fingerprint density at radius 2 is 2.00 bits per heavy atom. The number of benzene rings is 1. The molecule has 0 aliphatic carbocycles. The van der Waals surface area contributed by atoms with E-state index in [-0.39, 0.29) is 42.1 Å². The van der Waals surface area contributed by atoms with Crippen LogP contribution in [-0.4, -0.2) is 42.3 Å². The maximum atomic E-state index is 14.7. The second kappa shape index (κ2) is 7.94. The number of anilines is 1. The van der Waals surface area contributed by atoms with Gasteiger partial charge >= 0.3 is 0 Å². The van der Waals surface area contributed by atoms with Gasteiger partial charge in [0.2, 0.25) is 5.91 Å². The van der Waals surface area contributed by atoms with Crippen LogP contribution in [0.15, 0.2) is 29.5 Å². The summed E-state index contributed by atoms with van der Waals surface area (Å²) in [6.07, 6.45) is 4.56. The van der Waals surface area contributed by atoms with E-state index in [1.54, 1.807) is 17.6 Å². The number of methoxy groups -OCH3 is 1. The number of rotatable bonds is 4. The summed E-state index contributed by atoms with van der Waals surface area (Å²) in [6, 6.07) is 3.10. The first-order valence-corrected chi connectivity index (χ1v) is 9.78. The van der Waals surface area contributed by atoms with Crippen LogP contribution in [0.4, 0.5) is 10.1 Å². The number of amides is 1. The van der Waals surface area contributed by atoms with Crippen LogP contribution in [0.2, 0.25) is 0 Å². The summed E-state index contributed by atoms with van der Waals surface area (Å²) < 4.78 is 26.8. The average Bonchev–Trinajstić information content (AvgIpc) is 3.09. The molecule has 0 saturated carbocycles. The highest BCUT2D eigenvalue weighted by Gasteiger charge is 2.36. The minimum atomic E-state index is -0.396. The van der Waals surface area contributed by atoms with Crippen LogP contribution in [0.25, 0.3) is 0 Å². The number of aromatic nitrogens is 2. The number of carbonyl (C=O) groups is 1. The summed E-state index contributed by atoms with van der Waals surface area (Å²) in [5.41, 5.74) is 1.23. The molecule has 1 amide bonds. The maximum absolute atomic E-state index is 14.7. The Labute approximate surface area is 168 Å². The van der Waals surface area contributed by atoms with Crippen molar-refractivity contribution in [3.8, 4) is 5.75 Å². The summed E-state index contributed by atoms with van der Waals surface area (Å²) in [7, 11) is 1.49. The Morgan fingerprint density at radius 3 is 2.69 bits per heavy atom. The fourth-order valence-corrected chi connectivity index (χ4v) is 4.32. The number of ether oxygens (including phenoxy) is 2. The molecule has 2 saturated heterocycles. The largest absolute Gasteiger partial charge is 0.497 e. The molecule has 1 aromatic heterocycles. The van der Waals surface area contributed by atoms with Gasteiger partial charge in [0.15, 0.2) is 0 Å². The van der Waals surface area contributed by atoms with Crippen LogP contribution in [0, 0.1) is 12.7 Å². The minimum Gasteiger partial charge on any atom is -0.497 e. The molecular weight excluding hydrogens is 377 g/mol. The van der Waals surface area contributed by atoms with Crippen molar-refractivity contribution in [2.75, 3.05) is 31.8 Å². The van der Waals surface area contributed by atoms with Gasteiger partial charge in [0.1, 0.15) is 17.3 Å². The Morgan fingerprint density at radius 1 is 1.24 bits per heavy atom. The van der Waals surface area contributed by atoms with Gasteiger partial charge in [0.05, 0.1) is 19.6 Å². The zero-order valence-corrected chi connectivity index (χ0v) is 16.6. The molecule has 7 nitrogen and oxygen atoms in total. The van der Waals surface area contributed by atoms with Crippen LogP contribution in [0.3, 0.4) is 0 Å². The van der Waals surface area contributed by atoms with Gasteiger partial charge in [-0.15, -0.1) is 0 Å². The van der Waals surface area contributed by atoms with E-state index in [4.69, 9.17) is 9.47 Å². The van der Waals surface area contributed by atoms with Crippen molar-refractivity contribution >= 4 is 11.6 Å². The number of carbonyl (C=O) groups excluding carboxylic acids is 1. The third-order valence-corrected chi connectivity index (χ3v) is 5.80. The van der Waals surface area contributed by atoms with E-state index in [0.29, 0.717) is 24.5 Å². The van der Waals surface area contributed by atoms with Crippen molar-refractivity contribution in [1.29, 1.82) is 0 Å². The minimum absolute atomic E-state index is 0.0125. The normalized spacial score (nSPS) is 20.3. The molecule has 2 aliphatic heterocycles. The predicted octanol–water partition coefficient (Wildman–Crippen LogP) is 2.57. The van der Waals surface area contributed by atoms with Gasteiger partial charge in [0.25, 0.3) is 5.56 Å². The molecule has 0 N–H and O–H groups in total. The lowest BCUT2D eigenvalue weighted by Crippen LogP contribution is -2.36. The van der Waals surface area contributed by atoms with E-state index in [2.05, 4.69) is 4.98 Å². The number of nitrogens with zero attached hydrogens (tertiary/aromatic N) is 3. The molecule has 0 spiro atoms. The van der Waals surface area contributed by atoms with Gasteiger partial charge in [0, 0.05) is 44.2 Å². The van der Waals surface area contributed by atoms with Crippen molar-refractivity contribution in [2.24, 2.45) is 0 Å². The van der Waals surface area contributed by atoms with Gasteiger partial charge in [-0.2, -0.15) is 0 Å². The van der Waals surface area contributed by atoms with E-state index in [1.165, 1.54) is 30.6 Å². The van der Waals surface area contributed by atoms with E-state index in [9.17, 15) is 14.0 Å². The smallest absolute Gasteiger partial charge is 0.277 e. The fraction of sp³-hybridized carbons (Fsp3) is 0.476. The Bertz CT molecular complexity index is 961. The van der Waals surface area contributed by atoms with Crippen molar-refractivity contribution in [2.45, 2.75) is 38.1 Å². The Balaban J connectivity index is 1.63. The van der Waals surface area contributed by atoms with Crippen LogP contribution in [-0.2, 0) is 9.53 Å². The van der Waals surface area contributed by atoms with E-state index < -0.39 is 5.82 Å². The van der Waals surface area contributed by atoms with E-state index in [0.717, 1.165) is 18.4 Å². The van der Waals surface area contributed by atoms with Crippen molar-refractivity contribution < 1.29 is 18.7 Å². The quantitative estimate of drug-likeness (QED) is 0.787. The number of halogens is 1. The molecule has 3 heterocycles. The third-order valence-electron chi connectivity index (χ3n) is 5.80. The molecule has 1 aromatic carbocycles. The number of hydrogen-bond donors (Lipinski definition) is 0. The molecule has 2 aromatic rings. The molecule has 0 bridgehead atoms. The SMILES string of the molecule is COc1cc(C)c([C@H]2CC(=O)N(c3cncn(C4CCOCC4)c3=O)C2)c(F)c1. The van der Waals surface area contributed by atoms with E-state index in [1.807, 2.05) is 0 Å². The number of hydrogen-bond acceptors (Lipinski definition) is 5. The molecule has 2 fully saturated rings. The van der Waals surface area contributed by atoms with Gasteiger partial charge in [-0.25, -0.2) is 9.37 Å². The molecule has 8 heteroatoms. The zero-order valence-electron chi connectivity index (χ0n) is 16.6. The van der Waals surface area contributed by atoms with Crippen LogP contribution < -0.4 is 15.2 Å². The van der Waals surface area contributed by atoms with Crippen molar-refractivity contribution in [1.82, 2.24) is 9.55 Å². The molecule has 2 aliphatic rings. The Kier molecular flexibility index (Phi) is 5.36. The summed E-state index contributed by atoms with van der Waals surface area (Å²) in [5.74, 6) is -0.485. The third kappa shape index (κ3) is 3.64. The average molecular weight is 401 g/mol. The predicted molar refractivity (Wildman–Crippen MR) is 105 cm³/mol. The molecular formula is C21H24FN3O4. The first kappa shape index (κ1) is 19.6. The molecule has 4 rings (SSSR count). The lowest BCUT2D eigenvalue weighted by Gasteiger charge is -2.25. The monoisotopic (exact) mass is 401 g/mol. The van der Waals surface area contributed by atoms with Crippen LogP contribution >= 0.6 is 0 Å². The van der Waals surface area contributed by atoms with Gasteiger partial charge in [-0.3, -0.25) is 14.2 Å². The second-order valence-electron chi connectivity index (χ2n) is 7.58. The molecule has 0 radical (unpaired) electrons. The second-order valence-corrected chi connectivity index (χ2v) is 7.58. The highest BCUT2D eigenvalue weighted by Crippen LogP contribution is 2.35. The Hall–Kier alpha value is -2.74. The highest BCUT2D eigenvalue weighted by atomic mass is 19.1. The topological polar surface area (TPSA) is 73.7 Å². The standard InChI is InChI=1S/C21H24FN3O4/c1-13-7-16(28-2)9-17(22)20(13)14-8-19(26)24(11-14)18-10-23-12-25(21(18)27)15-3-5-29-6-4-15/h7,9-10,12,14-15H,3-6,8,11H2,1-2H3/t14-/m0/s1.